The standard InChI is InChI=1S/C8H7ClF/c1-7(3-5-9)8(2)4-6-10/h8H,1-2H3. The number of halogens is 2. The summed E-state index contributed by atoms with van der Waals surface area (Å²) in [5.74, 6) is 5.54. The highest BCUT2D eigenvalue weighted by atomic mass is 35.5. The van der Waals surface area contributed by atoms with E-state index < -0.39 is 0 Å². The lowest BCUT2D eigenvalue weighted by Crippen LogP contribution is -1.99. The van der Waals surface area contributed by atoms with Gasteiger partial charge in [-0.05, 0) is 25.4 Å². The Morgan fingerprint density at radius 3 is 2.60 bits per heavy atom. The zero-order valence-electron chi connectivity index (χ0n) is 5.83. The highest BCUT2D eigenvalue weighted by Gasteiger charge is 2.06. The quantitative estimate of drug-likeness (QED) is 0.513. The van der Waals surface area contributed by atoms with E-state index in [1.807, 2.05) is 0 Å². The molecule has 10 heavy (non-hydrogen) atoms. The van der Waals surface area contributed by atoms with Gasteiger partial charge in [-0.15, -0.1) is 4.39 Å². The van der Waals surface area contributed by atoms with E-state index in [9.17, 15) is 4.39 Å². The third-order valence-electron chi connectivity index (χ3n) is 1.16. The van der Waals surface area contributed by atoms with Gasteiger partial charge in [-0.1, -0.05) is 11.8 Å². The Morgan fingerprint density at radius 2 is 2.20 bits per heavy atom. The van der Waals surface area contributed by atoms with Crippen molar-refractivity contribution in [1.29, 1.82) is 0 Å². The molecule has 0 rings (SSSR count). The van der Waals surface area contributed by atoms with Crippen LogP contribution < -0.4 is 0 Å². The first-order chi connectivity index (χ1) is 4.72. The van der Waals surface area contributed by atoms with Gasteiger partial charge in [0.15, 0.2) is 0 Å². The van der Waals surface area contributed by atoms with Gasteiger partial charge in [0.2, 0.25) is 0 Å². The molecule has 1 atom stereocenters. The number of rotatable bonds is 1. The van der Waals surface area contributed by atoms with Crippen LogP contribution in [0, 0.1) is 35.2 Å². The zero-order chi connectivity index (χ0) is 7.98. The van der Waals surface area contributed by atoms with E-state index >= 15 is 0 Å². The molecule has 0 amide bonds. The SMILES string of the molecule is C[C](C#CCl)C(C)C#CF. The molecule has 0 nitrogen and oxygen atoms in total. The van der Waals surface area contributed by atoms with E-state index in [2.05, 4.69) is 17.2 Å². The Balaban J connectivity index is 3.98. The van der Waals surface area contributed by atoms with Gasteiger partial charge in [-0.3, -0.25) is 0 Å². The molecule has 0 aliphatic rings. The van der Waals surface area contributed by atoms with Crippen molar-refractivity contribution in [2.75, 3.05) is 0 Å². The first kappa shape index (κ1) is 9.34. The second-order valence-electron chi connectivity index (χ2n) is 1.86. The molecular formula is C8H7ClF. The molecule has 0 aliphatic heterocycles. The van der Waals surface area contributed by atoms with Crippen LogP contribution in [0.25, 0.3) is 0 Å². The largest absolute Gasteiger partial charge is 0.144 e. The molecule has 0 heterocycles. The summed E-state index contributed by atoms with van der Waals surface area (Å²) in [4.78, 5) is 0. The lowest BCUT2D eigenvalue weighted by atomic mass is 9.98. The molecule has 0 bridgehead atoms. The van der Waals surface area contributed by atoms with Crippen LogP contribution in [0.1, 0.15) is 13.8 Å². The van der Waals surface area contributed by atoms with Gasteiger partial charge in [0.25, 0.3) is 0 Å². The monoisotopic (exact) mass is 157 g/mol. The molecule has 0 spiro atoms. The van der Waals surface area contributed by atoms with E-state index in [1.165, 1.54) is 6.17 Å². The molecule has 0 aromatic rings. The van der Waals surface area contributed by atoms with Gasteiger partial charge in [0, 0.05) is 11.3 Å². The Kier molecular flexibility index (Phi) is 4.81. The third-order valence-corrected chi connectivity index (χ3v) is 1.26. The fraction of sp³-hybridized carbons (Fsp3) is 0.375. The number of hydrogen-bond donors (Lipinski definition) is 0. The van der Waals surface area contributed by atoms with Gasteiger partial charge >= 0.3 is 0 Å². The first-order valence-electron chi connectivity index (χ1n) is 2.78. The van der Waals surface area contributed by atoms with E-state index in [-0.39, 0.29) is 5.92 Å². The minimum absolute atomic E-state index is 0.142. The summed E-state index contributed by atoms with van der Waals surface area (Å²) < 4.78 is 11.4. The fourth-order valence-corrected chi connectivity index (χ4v) is 0.522. The molecule has 0 N–H and O–H groups in total. The predicted octanol–water partition coefficient (Wildman–Crippen LogP) is 2.35. The van der Waals surface area contributed by atoms with Crippen molar-refractivity contribution in [2.45, 2.75) is 13.8 Å². The second kappa shape index (κ2) is 5.15. The van der Waals surface area contributed by atoms with Gasteiger partial charge < -0.3 is 0 Å². The minimum atomic E-state index is -0.142. The van der Waals surface area contributed by atoms with E-state index in [1.54, 1.807) is 13.8 Å². The van der Waals surface area contributed by atoms with E-state index in [0.29, 0.717) is 0 Å². The van der Waals surface area contributed by atoms with Gasteiger partial charge in [-0.25, -0.2) is 0 Å². The molecule has 2 heteroatoms. The molecule has 1 unspecified atom stereocenters. The molecule has 0 aromatic heterocycles. The van der Waals surface area contributed by atoms with Crippen LogP contribution in [0.15, 0.2) is 0 Å². The molecule has 0 fully saturated rings. The van der Waals surface area contributed by atoms with Crippen LogP contribution in [0.5, 0.6) is 0 Å². The van der Waals surface area contributed by atoms with Crippen molar-refractivity contribution in [3.8, 4) is 23.4 Å². The zero-order valence-corrected chi connectivity index (χ0v) is 6.59. The minimum Gasteiger partial charge on any atom is -0.144 e. The topological polar surface area (TPSA) is 0 Å². The van der Waals surface area contributed by atoms with Crippen LogP contribution in [0.4, 0.5) is 4.39 Å². The van der Waals surface area contributed by atoms with Crippen molar-refractivity contribution >= 4 is 11.6 Å². The summed E-state index contributed by atoms with van der Waals surface area (Å²) in [6, 6.07) is 0. The van der Waals surface area contributed by atoms with Crippen molar-refractivity contribution in [3.05, 3.63) is 5.92 Å². The molecular weight excluding hydrogens is 151 g/mol. The fourth-order valence-electron chi connectivity index (χ4n) is 0.373. The second-order valence-corrected chi connectivity index (χ2v) is 2.05. The molecule has 0 saturated heterocycles. The summed E-state index contributed by atoms with van der Waals surface area (Å²) >= 11 is 5.12. The maximum Gasteiger partial charge on any atom is 0.105 e. The summed E-state index contributed by atoms with van der Waals surface area (Å²) in [5, 5.41) is 2.20. The highest BCUT2D eigenvalue weighted by Crippen LogP contribution is 2.10. The summed E-state index contributed by atoms with van der Waals surface area (Å²) in [6.07, 6.45) is 1.33. The first-order valence-corrected chi connectivity index (χ1v) is 3.16. The molecule has 0 aromatic carbocycles. The smallest absolute Gasteiger partial charge is 0.105 e. The maximum atomic E-state index is 11.4. The summed E-state index contributed by atoms with van der Waals surface area (Å²) in [5.41, 5.74) is 0. The normalized spacial score (nSPS) is 10.9. The Labute approximate surface area is 65.8 Å². The average Bonchev–Trinajstić information content (AvgIpc) is 1.89. The molecule has 53 valence electrons. The average molecular weight is 158 g/mol. The Bertz CT molecular complexity index is 177. The van der Waals surface area contributed by atoms with E-state index in [0.717, 1.165) is 5.92 Å². The molecule has 0 saturated carbocycles. The lowest BCUT2D eigenvalue weighted by molar-refractivity contribution is 0.753. The van der Waals surface area contributed by atoms with Crippen LogP contribution >= 0.6 is 11.6 Å². The van der Waals surface area contributed by atoms with Gasteiger partial charge in [-0.2, -0.15) is 0 Å². The van der Waals surface area contributed by atoms with Crippen LogP contribution in [-0.2, 0) is 0 Å². The van der Waals surface area contributed by atoms with Crippen molar-refractivity contribution in [3.63, 3.8) is 0 Å². The van der Waals surface area contributed by atoms with Gasteiger partial charge in [0.1, 0.15) is 6.17 Å². The van der Waals surface area contributed by atoms with E-state index in [4.69, 9.17) is 11.6 Å². The predicted molar refractivity (Wildman–Crippen MR) is 40.6 cm³/mol. The Morgan fingerprint density at radius 1 is 1.60 bits per heavy atom. The lowest BCUT2D eigenvalue weighted by Gasteiger charge is -2.03. The third kappa shape index (κ3) is 3.38. The summed E-state index contributed by atoms with van der Waals surface area (Å²) in [7, 11) is 0. The summed E-state index contributed by atoms with van der Waals surface area (Å²) in [6.45, 7) is 3.54. The van der Waals surface area contributed by atoms with Crippen LogP contribution in [0.2, 0.25) is 0 Å². The van der Waals surface area contributed by atoms with Crippen molar-refractivity contribution in [1.82, 2.24) is 0 Å². The van der Waals surface area contributed by atoms with Crippen molar-refractivity contribution in [2.24, 2.45) is 5.92 Å². The maximum absolute atomic E-state index is 11.4. The number of hydrogen-bond acceptors (Lipinski definition) is 0. The molecule has 0 aliphatic carbocycles. The van der Waals surface area contributed by atoms with Crippen molar-refractivity contribution < 1.29 is 4.39 Å². The highest BCUT2D eigenvalue weighted by molar-refractivity contribution is 6.30. The molecule has 1 radical (unpaired) electrons. The van der Waals surface area contributed by atoms with Crippen LogP contribution in [-0.4, -0.2) is 0 Å². The van der Waals surface area contributed by atoms with Crippen LogP contribution in [0.3, 0.4) is 0 Å². The van der Waals surface area contributed by atoms with Gasteiger partial charge in [0.05, 0.1) is 5.92 Å². The Hall–Kier alpha value is -0.660.